The fourth-order valence-electron chi connectivity index (χ4n) is 5.31. The third-order valence-corrected chi connectivity index (χ3v) is 7.37. The average Bonchev–Trinajstić information content (AvgIpc) is 3.57. The van der Waals surface area contributed by atoms with E-state index in [0.717, 1.165) is 42.9 Å². The standard InChI is InChI=1S/C26H27F3N6O/c1-34-16-30-33-22(34)12-25(14-36-15-25)19-6-4-5-18(11-19)24-31-21-10-17(13-35-7-2-3-8-35)9-20(23(21)32-24)26(27,28)29/h4-6,9-11,16H,2-3,7-8,12-15H2,1H3,(H,31,32). The van der Waals surface area contributed by atoms with E-state index in [1.165, 1.54) is 6.07 Å². The van der Waals surface area contributed by atoms with Gasteiger partial charge in [0.15, 0.2) is 0 Å². The van der Waals surface area contributed by atoms with Gasteiger partial charge >= 0.3 is 6.18 Å². The number of hydrogen-bond donors (Lipinski definition) is 1. The van der Waals surface area contributed by atoms with Crippen LogP contribution in [-0.4, -0.2) is 55.9 Å². The Labute approximate surface area is 206 Å². The van der Waals surface area contributed by atoms with Crippen molar-refractivity contribution >= 4 is 11.0 Å². The topological polar surface area (TPSA) is 71.9 Å². The lowest BCUT2D eigenvalue weighted by atomic mass is 9.75. The molecule has 2 aliphatic heterocycles. The highest BCUT2D eigenvalue weighted by Gasteiger charge is 2.42. The number of fused-ring (bicyclic) bond motifs is 1. The summed E-state index contributed by atoms with van der Waals surface area (Å²) in [5.74, 6) is 1.28. The molecule has 0 radical (unpaired) electrons. The summed E-state index contributed by atoms with van der Waals surface area (Å²) in [6, 6.07) is 10.9. The van der Waals surface area contributed by atoms with Crippen LogP contribution in [0.4, 0.5) is 13.2 Å². The fourth-order valence-corrected chi connectivity index (χ4v) is 5.31. The number of likely N-dealkylation sites (tertiary alicyclic amines) is 1. The summed E-state index contributed by atoms with van der Waals surface area (Å²) in [7, 11) is 1.91. The molecule has 0 saturated carbocycles. The molecular weight excluding hydrogens is 469 g/mol. The lowest BCUT2D eigenvalue weighted by molar-refractivity contribution is -0.136. The van der Waals surface area contributed by atoms with Gasteiger partial charge in [-0.05, 0) is 55.3 Å². The molecule has 0 spiro atoms. The maximum atomic E-state index is 14.0. The molecule has 1 N–H and O–H groups in total. The van der Waals surface area contributed by atoms with Gasteiger partial charge in [-0.3, -0.25) is 4.90 Å². The number of benzene rings is 2. The van der Waals surface area contributed by atoms with E-state index in [1.54, 1.807) is 12.4 Å². The second kappa shape index (κ2) is 8.70. The molecule has 0 amide bonds. The molecule has 0 bridgehead atoms. The number of nitrogens with one attached hydrogen (secondary N) is 1. The molecule has 2 aromatic carbocycles. The van der Waals surface area contributed by atoms with Crippen molar-refractivity contribution in [2.45, 2.75) is 37.4 Å². The molecule has 36 heavy (non-hydrogen) atoms. The van der Waals surface area contributed by atoms with Crippen LogP contribution in [0, 0.1) is 0 Å². The van der Waals surface area contributed by atoms with Crippen molar-refractivity contribution in [1.29, 1.82) is 0 Å². The van der Waals surface area contributed by atoms with Gasteiger partial charge in [0.05, 0.1) is 29.8 Å². The van der Waals surface area contributed by atoms with Gasteiger partial charge in [0, 0.05) is 31.0 Å². The first kappa shape index (κ1) is 23.2. The molecule has 188 valence electrons. The van der Waals surface area contributed by atoms with Gasteiger partial charge in [0.2, 0.25) is 0 Å². The van der Waals surface area contributed by atoms with Gasteiger partial charge in [0.25, 0.3) is 0 Å². The SMILES string of the molecule is Cn1cnnc1CC1(c2cccc(-c3nc4cc(CN5CCCC5)cc(C(F)(F)F)c4[nH]3)c2)COC1. The molecule has 2 aliphatic rings. The summed E-state index contributed by atoms with van der Waals surface area (Å²) in [5, 5.41) is 8.20. The van der Waals surface area contributed by atoms with Crippen molar-refractivity contribution in [2.24, 2.45) is 7.05 Å². The van der Waals surface area contributed by atoms with Crippen LogP contribution < -0.4 is 0 Å². The number of H-pyrrole nitrogens is 1. The van der Waals surface area contributed by atoms with Crippen LogP contribution in [0.1, 0.15) is 35.4 Å². The normalized spacial score (nSPS) is 18.1. The molecular formula is C26H27F3N6O. The highest BCUT2D eigenvalue weighted by molar-refractivity contribution is 5.84. The number of aryl methyl sites for hydroxylation is 1. The first-order valence-corrected chi connectivity index (χ1v) is 12.1. The number of ether oxygens (including phenoxy) is 1. The largest absolute Gasteiger partial charge is 0.418 e. The summed E-state index contributed by atoms with van der Waals surface area (Å²) in [6.07, 6.45) is 0.0179. The number of halogens is 3. The molecule has 4 aromatic rings. The van der Waals surface area contributed by atoms with Gasteiger partial charge in [-0.15, -0.1) is 10.2 Å². The zero-order valence-electron chi connectivity index (χ0n) is 20.0. The Kier molecular flexibility index (Phi) is 5.60. The minimum absolute atomic E-state index is 0.0221. The molecule has 4 heterocycles. The van der Waals surface area contributed by atoms with Crippen LogP contribution in [0.5, 0.6) is 0 Å². The van der Waals surface area contributed by atoms with E-state index >= 15 is 0 Å². The van der Waals surface area contributed by atoms with E-state index in [2.05, 4.69) is 25.1 Å². The van der Waals surface area contributed by atoms with E-state index < -0.39 is 11.7 Å². The number of aromatic nitrogens is 5. The van der Waals surface area contributed by atoms with Gasteiger partial charge < -0.3 is 14.3 Å². The quantitative estimate of drug-likeness (QED) is 0.426. The lowest BCUT2D eigenvalue weighted by Gasteiger charge is -2.41. The van der Waals surface area contributed by atoms with E-state index in [-0.39, 0.29) is 10.9 Å². The van der Waals surface area contributed by atoms with Gasteiger partial charge in [-0.25, -0.2) is 4.98 Å². The van der Waals surface area contributed by atoms with Gasteiger partial charge in [-0.2, -0.15) is 13.2 Å². The number of rotatable bonds is 6. The zero-order valence-corrected chi connectivity index (χ0v) is 20.0. The van der Waals surface area contributed by atoms with Crippen molar-refractivity contribution in [1.82, 2.24) is 29.6 Å². The number of alkyl halides is 3. The second-order valence-electron chi connectivity index (χ2n) is 9.99. The summed E-state index contributed by atoms with van der Waals surface area (Å²) in [6.45, 7) is 3.42. The Morgan fingerprint density at radius 2 is 1.92 bits per heavy atom. The van der Waals surface area contributed by atoms with Crippen LogP contribution in [0.25, 0.3) is 22.4 Å². The number of nitrogens with zero attached hydrogens (tertiary/aromatic N) is 5. The Balaban J connectivity index is 1.37. The van der Waals surface area contributed by atoms with E-state index in [9.17, 15) is 13.2 Å². The third-order valence-electron chi connectivity index (χ3n) is 7.37. The molecule has 2 saturated heterocycles. The maximum Gasteiger partial charge on any atom is 0.418 e. The van der Waals surface area contributed by atoms with Crippen molar-refractivity contribution in [3.63, 3.8) is 0 Å². The summed E-state index contributed by atoms with van der Waals surface area (Å²) < 4.78 is 49.5. The summed E-state index contributed by atoms with van der Waals surface area (Å²) in [4.78, 5) is 9.78. The smallest absolute Gasteiger partial charge is 0.379 e. The Morgan fingerprint density at radius 1 is 1.11 bits per heavy atom. The van der Waals surface area contributed by atoms with Crippen molar-refractivity contribution < 1.29 is 17.9 Å². The molecule has 6 rings (SSSR count). The number of hydrogen-bond acceptors (Lipinski definition) is 5. The zero-order chi connectivity index (χ0) is 24.9. The molecule has 2 fully saturated rings. The van der Waals surface area contributed by atoms with E-state index in [0.29, 0.717) is 43.1 Å². The van der Waals surface area contributed by atoms with Crippen molar-refractivity contribution in [2.75, 3.05) is 26.3 Å². The predicted octanol–water partition coefficient (Wildman–Crippen LogP) is 4.48. The monoisotopic (exact) mass is 496 g/mol. The van der Waals surface area contributed by atoms with Crippen LogP contribution in [0.2, 0.25) is 0 Å². The number of aromatic amines is 1. The van der Waals surface area contributed by atoms with Crippen LogP contribution in [0.3, 0.4) is 0 Å². The molecule has 2 aromatic heterocycles. The average molecular weight is 497 g/mol. The van der Waals surface area contributed by atoms with Crippen LogP contribution in [-0.2, 0) is 36.3 Å². The fraction of sp³-hybridized carbons (Fsp3) is 0.423. The molecule has 0 unspecified atom stereocenters. The summed E-state index contributed by atoms with van der Waals surface area (Å²) >= 11 is 0. The minimum Gasteiger partial charge on any atom is -0.379 e. The number of imidazole rings is 1. The Bertz CT molecular complexity index is 1400. The molecule has 0 aliphatic carbocycles. The molecule has 7 nitrogen and oxygen atoms in total. The predicted molar refractivity (Wildman–Crippen MR) is 128 cm³/mol. The molecule has 10 heteroatoms. The summed E-state index contributed by atoms with van der Waals surface area (Å²) in [5.41, 5.74) is 1.84. The minimum atomic E-state index is -4.48. The van der Waals surface area contributed by atoms with Gasteiger partial charge in [0.1, 0.15) is 18.0 Å². The van der Waals surface area contributed by atoms with E-state index in [4.69, 9.17) is 4.74 Å². The maximum absolute atomic E-state index is 14.0. The Hall–Kier alpha value is -3.24. The van der Waals surface area contributed by atoms with Gasteiger partial charge in [-0.1, -0.05) is 18.2 Å². The van der Waals surface area contributed by atoms with Crippen LogP contribution in [0.15, 0.2) is 42.7 Å². The Morgan fingerprint density at radius 3 is 2.58 bits per heavy atom. The van der Waals surface area contributed by atoms with E-state index in [1.807, 2.05) is 35.9 Å². The highest BCUT2D eigenvalue weighted by Crippen LogP contribution is 2.39. The van der Waals surface area contributed by atoms with Crippen LogP contribution >= 0.6 is 0 Å². The first-order valence-electron chi connectivity index (χ1n) is 12.1. The highest BCUT2D eigenvalue weighted by atomic mass is 19.4. The molecule has 0 atom stereocenters. The first-order chi connectivity index (χ1) is 17.3. The third kappa shape index (κ3) is 4.18. The van der Waals surface area contributed by atoms with Crippen molar-refractivity contribution in [3.8, 4) is 11.4 Å². The lowest BCUT2D eigenvalue weighted by Crippen LogP contribution is -2.49. The second-order valence-corrected chi connectivity index (χ2v) is 9.99. The van der Waals surface area contributed by atoms with Crippen molar-refractivity contribution in [3.05, 3.63) is 65.2 Å².